The molecule has 0 aliphatic carbocycles. The first-order chi connectivity index (χ1) is 12.7. The van der Waals surface area contributed by atoms with Gasteiger partial charge < -0.3 is 10.2 Å². The first-order valence-corrected chi connectivity index (χ1v) is 6.25. The van der Waals surface area contributed by atoms with E-state index in [4.69, 9.17) is 10.2 Å². The van der Waals surface area contributed by atoms with Crippen molar-refractivity contribution in [1.82, 2.24) is 0 Å². The van der Waals surface area contributed by atoms with E-state index in [1.54, 1.807) is 0 Å². The van der Waals surface area contributed by atoms with E-state index in [1.807, 2.05) is 0 Å². The predicted molar refractivity (Wildman–Crippen MR) is 72.1 cm³/mol. The molecule has 0 spiro atoms. The summed E-state index contributed by atoms with van der Waals surface area (Å²) in [6, 6.07) is 0. The average Bonchev–Trinajstić information content (AvgIpc) is 2.61. The number of carboxylic acid groups (broad SMARTS) is 2. The minimum atomic E-state index is -2.38. The van der Waals surface area contributed by atoms with Crippen LogP contribution in [0.2, 0.25) is 0 Å². The van der Waals surface area contributed by atoms with E-state index >= 15 is 0 Å². The van der Waals surface area contributed by atoms with Gasteiger partial charge in [-0.2, -0.15) is 0 Å². The summed E-state index contributed by atoms with van der Waals surface area (Å²) in [5, 5.41) is 16.3. The molecule has 2 aromatic carbocycles. The van der Waals surface area contributed by atoms with Crippen molar-refractivity contribution in [2.24, 2.45) is 0 Å². The van der Waals surface area contributed by atoms with E-state index in [2.05, 4.69) is 0 Å². The molecule has 29 heavy (non-hydrogen) atoms. The first-order valence-electron chi connectivity index (χ1n) is 6.25. The average molecular weight is 561 g/mol. The zero-order chi connectivity index (χ0) is 22.1. The Morgan fingerprint density at radius 1 is 0.414 bits per heavy atom. The molecule has 0 amide bonds. The second-order valence-corrected chi connectivity index (χ2v) is 4.50. The molecule has 0 aromatic heterocycles. The van der Waals surface area contributed by atoms with Gasteiger partial charge in [-0.1, -0.05) is 0 Å². The van der Waals surface area contributed by atoms with Gasteiger partial charge in [-0.05, 0) is 0 Å². The molecule has 0 aliphatic heterocycles. The van der Waals surface area contributed by atoms with Gasteiger partial charge in [0.05, 0.1) is 0 Å². The van der Waals surface area contributed by atoms with Gasteiger partial charge in [0.1, 0.15) is 11.1 Å². The Bertz CT molecular complexity index is 858. The molecular formula is C14H2BaF10O4. The smallest absolute Gasteiger partial charge is 0.341 e. The van der Waals surface area contributed by atoms with Gasteiger partial charge in [0.15, 0.2) is 46.5 Å². The molecule has 0 saturated heterocycles. The van der Waals surface area contributed by atoms with Crippen molar-refractivity contribution >= 4 is 60.8 Å². The van der Waals surface area contributed by atoms with Crippen LogP contribution in [0.1, 0.15) is 20.7 Å². The van der Waals surface area contributed by atoms with E-state index < -0.39 is 81.2 Å². The monoisotopic (exact) mass is 562 g/mol. The molecule has 4 nitrogen and oxygen atoms in total. The summed E-state index contributed by atoms with van der Waals surface area (Å²) in [4.78, 5) is 20.2. The second-order valence-electron chi connectivity index (χ2n) is 4.50. The van der Waals surface area contributed by atoms with Crippen molar-refractivity contribution in [1.29, 1.82) is 0 Å². The van der Waals surface area contributed by atoms with E-state index in [-0.39, 0.29) is 48.9 Å². The minimum absolute atomic E-state index is 0. The molecule has 0 heterocycles. The third-order valence-corrected chi connectivity index (χ3v) is 2.85. The summed E-state index contributed by atoms with van der Waals surface area (Å²) in [5.41, 5.74) is -3.72. The number of carbonyl (C=O) groups is 2. The first kappa shape index (κ1) is 27.3. The van der Waals surface area contributed by atoms with Crippen LogP contribution in [-0.4, -0.2) is 71.0 Å². The molecule has 15 heteroatoms. The van der Waals surface area contributed by atoms with Gasteiger partial charge in [0.2, 0.25) is 11.6 Å². The van der Waals surface area contributed by atoms with E-state index in [0.29, 0.717) is 0 Å². The fourth-order valence-corrected chi connectivity index (χ4v) is 1.59. The number of carboxylic acids is 2. The van der Waals surface area contributed by atoms with Crippen LogP contribution in [0.5, 0.6) is 0 Å². The molecule has 0 aliphatic rings. The quantitative estimate of drug-likeness (QED) is 0.254. The Morgan fingerprint density at radius 3 is 0.690 bits per heavy atom. The van der Waals surface area contributed by atoms with Crippen LogP contribution in [0.4, 0.5) is 43.9 Å². The van der Waals surface area contributed by atoms with Gasteiger partial charge in [-0.25, -0.2) is 53.5 Å². The summed E-state index contributed by atoms with van der Waals surface area (Å²) in [7, 11) is 0. The number of hydrogen-bond donors (Lipinski definition) is 2. The van der Waals surface area contributed by atoms with E-state index in [9.17, 15) is 53.5 Å². The molecule has 2 aromatic rings. The molecule has 0 saturated carbocycles. The Hall–Kier alpha value is -1.75. The van der Waals surface area contributed by atoms with Gasteiger partial charge in [-0.15, -0.1) is 0 Å². The van der Waals surface area contributed by atoms with Crippen LogP contribution < -0.4 is 0 Å². The van der Waals surface area contributed by atoms with Crippen molar-refractivity contribution in [2.45, 2.75) is 0 Å². The molecule has 2 rings (SSSR count). The van der Waals surface area contributed by atoms with Crippen LogP contribution in [0, 0.1) is 58.2 Å². The molecule has 0 unspecified atom stereocenters. The van der Waals surface area contributed by atoms with E-state index in [1.165, 1.54) is 0 Å². The van der Waals surface area contributed by atoms with Crippen LogP contribution in [0.3, 0.4) is 0 Å². The number of benzene rings is 2. The Kier molecular flexibility index (Phi) is 9.71. The van der Waals surface area contributed by atoms with Crippen LogP contribution in [-0.2, 0) is 0 Å². The Labute approximate surface area is 192 Å². The standard InChI is InChI=1S/2C7HF5O2.Ba/c2*8-2-1(7(13)14)3(9)5(11)6(12)4(2)10;/h2*(H,13,14);. The van der Waals surface area contributed by atoms with Crippen molar-refractivity contribution in [3.05, 3.63) is 69.3 Å². The summed E-state index contributed by atoms with van der Waals surface area (Å²) >= 11 is 0. The number of rotatable bonds is 2. The fraction of sp³-hybridized carbons (Fsp3) is 0. The van der Waals surface area contributed by atoms with Crippen molar-refractivity contribution in [3.63, 3.8) is 0 Å². The Balaban J connectivity index is 0.000000523. The zero-order valence-electron chi connectivity index (χ0n) is 13.2. The molecule has 0 fully saturated rings. The Morgan fingerprint density at radius 2 is 0.552 bits per heavy atom. The van der Waals surface area contributed by atoms with Crippen molar-refractivity contribution in [3.8, 4) is 0 Å². The normalized spacial score (nSPS) is 10.0. The summed E-state index contributed by atoms with van der Waals surface area (Å²) in [6.07, 6.45) is 0. The molecular weight excluding hydrogens is 559 g/mol. The fourth-order valence-electron chi connectivity index (χ4n) is 1.59. The summed E-state index contributed by atoms with van der Waals surface area (Å²) in [5.74, 6) is -27.7. The minimum Gasteiger partial charge on any atom is -0.477 e. The van der Waals surface area contributed by atoms with Crippen LogP contribution in [0.25, 0.3) is 0 Å². The number of hydrogen-bond acceptors (Lipinski definition) is 2. The summed E-state index contributed by atoms with van der Waals surface area (Å²) < 4.78 is 124. The second kappa shape index (κ2) is 10.3. The largest absolute Gasteiger partial charge is 0.477 e. The maximum atomic E-state index is 12.6. The van der Waals surface area contributed by atoms with E-state index in [0.717, 1.165) is 0 Å². The molecule has 0 atom stereocenters. The van der Waals surface area contributed by atoms with Gasteiger partial charge in [-0.3, -0.25) is 0 Å². The van der Waals surface area contributed by atoms with Crippen molar-refractivity contribution < 1.29 is 63.7 Å². The molecule has 154 valence electrons. The number of aromatic carboxylic acids is 2. The summed E-state index contributed by atoms with van der Waals surface area (Å²) in [6.45, 7) is 0. The SMILES string of the molecule is O=C(O)c1c(F)c(F)c(F)c(F)c1F.O=C(O)c1c(F)c(F)c(F)c(F)c1F.[Ba]. The zero-order valence-corrected chi connectivity index (χ0v) is 17.6. The molecule has 0 bridgehead atoms. The van der Waals surface area contributed by atoms with Crippen LogP contribution in [0.15, 0.2) is 0 Å². The topological polar surface area (TPSA) is 74.6 Å². The molecule has 2 N–H and O–H groups in total. The number of halogens is 10. The van der Waals surface area contributed by atoms with Crippen molar-refractivity contribution in [2.75, 3.05) is 0 Å². The maximum Gasteiger partial charge on any atom is 0.341 e. The predicted octanol–water partition coefficient (Wildman–Crippen LogP) is 3.78. The third kappa shape index (κ3) is 5.25. The third-order valence-electron chi connectivity index (χ3n) is 2.85. The van der Waals surface area contributed by atoms with Gasteiger partial charge >= 0.3 is 11.9 Å². The van der Waals surface area contributed by atoms with Crippen LogP contribution >= 0.6 is 0 Å². The van der Waals surface area contributed by atoms with Gasteiger partial charge in [0.25, 0.3) is 0 Å². The molecule has 2 radical (unpaired) electrons. The van der Waals surface area contributed by atoms with Gasteiger partial charge in [0, 0.05) is 48.9 Å². The maximum absolute atomic E-state index is 12.6.